The number of nitrogens with one attached hydrogen (secondary N) is 2. The summed E-state index contributed by atoms with van der Waals surface area (Å²) in [6.45, 7) is 2.78. The molecule has 3 rings (SSSR count). The second-order valence-electron chi connectivity index (χ2n) is 4.95. The van der Waals surface area contributed by atoms with E-state index in [-0.39, 0.29) is 5.82 Å². The number of hydrogen-bond donors (Lipinski definition) is 2. The van der Waals surface area contributed by atoms with Crippen LogP contribution in [-0.2, 0) is 0 Å². The smallest absolute Gasteiger partial charge is 0.128 e. The van der Waals surface area contributed by atoms with Crippen molar-refractivity contribution in [2.45, 2.75) is 32.2 Å². The summed E-state index contributed by atoms with van der Waals surface area (Å²) in [5.41, 5.74) is 2.68. The third-order valence-corrected chi connectivity index (χ3v) is 3.60. The Morgan fingerprint density at radius 2 is 2.00 bits per heavy atom. The molecule has 2 aliphatic rings. The Balaban J connectivity index is 1.92. The quantitative estimate of drug-likeness (QED) is 0.759. The van der Waals surface area contributed by atoms with E-state index >= 15 is 0 Å². The van der Waals surface area contributed by atoms with E-state index in [2.05, 4.69) is 10.6 Å². The number of rotatable bonds is 1. The fraction of sp³-hybridized carbons (Fsp3) is 0.538. The van der Waals surface area contributed by atoms with Crippen molar-refractivity contribution < 1.29 is 4.39 Å². The topological polar surface area (TPSA) is 24.1 Å². The van der Waals surface area contributed by atoms with Crippen LogP contribution in [0.5, 0.6) is 0 Å². The van der Waals surface area contributed by atoms with Crippen LogP contribution in [0, 0.1) is 18.7 Å². The van der Waals surface area contributed by atoms with Crippen LogP contribution in [-0.4, -0.2) is 12.6 Å². The number of hydrogen-bond acceptors (Lipinski definition) is 2. The van der Waals surface area contributed by atoms with Gasteiger partial charge < -0.3 is 10.6 Å². The molecule has 0 spiro atoms. The van der Waals surface area contributed by atoms with E-state index in [9.17, 15) is 4.39 Å². The summed E-state index contributed by atoms with van der Waals surface area (Å²) in [5.74, 6) is 0.682. The molecule has 0 saturated heterocycles. The summed E-state index contributed by atoms with van der Waals surface area (Å²) in [6.07, 6.45) is 3.77. The van der Waals surface area contributed by atoms with Gasteiger partial charge in [0.25, 0.3) is 0 Å². The third-order valence-electron chi connectivity index (χ3n) is 3.60. The average molecular weight is 220 g/mol. The molecule has 1 saturated carbocycles. The van der Waals surface area contributed by atoms with Gasteiger partial charge >= 0.3 is 0 Å². The van der Waals surface area contributed by atoms with Crippen molar-refractivity contribution in [1.29, 1.82) is 0 Å². The predicted octanol–water partition coefficient (Wildman–Crippen LogP) is 3.14. The minimum absolute atomic E-state index is 0.121. The van der Waals surface area contributed by atoms with Gasteiger partial charge in [-0.2, -0.15) is 0 Å². The van der Waals surface area contributed by atoms with Crippen LogP contribution in [0.3, 0.4) is 0 Å². The molecule has 1 unspecified atom stereocenters. The summed E-state index contributed by atoms with van der Waals surface area (Å²) >= 11 is 0. The lowest BCUT2D eigenvalue weighted by Gasteiger charge is -2.16. The van der Waals surface area contributed by atoms with Crippen LogP contribution in [0.15, 0.2) is 12.1 Å². The molecule has 1 atom stereocenters. The first-order chi connectivity index (χ1) is 7.74. The van der Waals surface area contributed by atoms with Gasteiger partial charge in [0, 0.05) is 12.6 Å². The highest BCUT2D eigenvalue weighted by molar-refractivity contribution is 5.71. The first kappa shape index (κ1) is 9.94. The standard InChI is InChI=1S/C13H17FN2/c1-8-6-12-13(7-10(8)14)16-11(4-5-15-12)9-2-3-9/h6-7,9,11,15-16H,2-5H2,1H3. The number of anilines is 2. The van der Waals surface area contributed by atoms with E-state index in [0.29, 0.717) is 11.6 Å². The minimum atomic E-state index is -0.121. The van der Waals surface area contributed by atoms with Crippen molar-refractivity contribution in [3.63, 3.8) is 0 Å². The van der Waals surface area contributed by atoms with Gasteiger partial charge in [0.1, 0.15) is 5.82 Å². The van der Waals surface area contributed by atoms with Gasteiger partial charge in [-0.25, -0.2) is 4.39 Å². The van der Waals surface area contributed by atoms with Crippen molar-refractivity contribution in [1.82, 2.24) is 0 Å². The van der Waals surface area contributed by atoms with Crippen LogP contribution in [0.2, 0.25) is 0 Å². The highest BCUT2D eigenvalue weighted by atomic mass is 19.1. The van der Waals surface area contributed by atoms with Crippen LogP contribution in [0.25, 0.3) is 0 Å². The van der Waals surface area contributed by atoms with Crippen molar-refractivity contribution in [2.75, 3.05) is 17.2 Å². The normalized spacial score (nSPS) is 24.0. The highest BCUT2D eigenvalue weighted by Gasteiger charge is 2.32. The molecule has 1 aliphatic heterocycles. The lowest BCUT2D eigenvalue weighted by molar-refractivity contribution is 0.605. The molecule has 2 N–H and O–H groups in total. The number of aryl methyl sites for hydroxylation is 1. The summed E-state index contributed by atoms with van der Waals surface area (Å²) < 4.78 is 13.5. The van der Waals surface area contributed by atoms with Gasteiger partial charge in [-0.3, -0.25) is 0 Å². The molecule has 1 aromatic carbocycles. The molecule has 0 radical (unpaired) electrons. The summed E-state index contributed by atoms with van der Waals surface area (Å²) in [5, 5.41) is 6.86. The Labute approximate surface area is 95.2 Å². The maximum atomic E-state index is 13.5. The molecule has 86 valence electrons. The van der Waals surface area contributed by atoms with Gasteiger partial charge in [-0.15, -0.1) is 0 Å². The Hall–Kier alpha value is -1.25. The van der Waals surface area contributed by atoms with E-state index in [1.165, 1.54) is 12.8 Å². The molecule has 0 bridgehead atoms. The fourth-order valence-electron chi connectivity index (χ4n) is 2.43. The maximum absolute atomic E-state index is 13.5. The lowest BCUT2D eigenvalue weighted by atomic mass is 10.1. The van der Waals surface area contributed by atoms with Crippen LogP contribution in [0.4, 0.5) is 15.8 Å². The Bertz CT molecular complexity index is 413. The first-order valence-electron chi connectivity index (χ1n) is 6.04. The number of halogens is 1. The van der Waals surface area contributed by atoms with Crippen molar-refractivity contribution in [3.05, 3.63) is 23.5 Å². The van der Waals surface area contributed by atoms with Crippen LogP contribution in [0.1, 0.15) is 24.8 Å². The monoisotopic (exact) mass is 220 g/mol. The molecule has 1 fully saturated rings. The number of fused-ring (bicyclic) bond motifs is 1. The first-order valence-corrected chi connectivity index (χ1v) is 6.04. The molecular formula is C13H17FN2. The van der Waals surface area contributed by atoms with Crippen molar-refractivity contribution in [2.24, 2.45) is 5.92 Å². The number of benzene rings is 1. The zero-order valence-electron chi connectivity index (χ0n) is 9.52. The van der Waals surface area contributed by atoms with E-state index in [4.69, 9.17) is 0 Å². The van der Waals surface area contributed by atoms with Gasteiger partial charge in [0.2, 0.25) is 0 Å². The third kappa shape index (κ3) is 1.75. The SMILES string of the molecule is Cc1cc2c(cc1F)NC(C1CC1)CCN2. The second kappa shape index (κ2) is 3.65. The molecule has 2 nitrogen and oxygen atoms in total. The molecule has 1 aromatic rings. The molecule has 3 heteroatoms. The highest BCUT2D eigenvalue weighted by Crippen LogP contribution is 2.38. The largest absolute Gasteiger partial charge is 0.383 e. The van der Waals surface area contributed by atoms with Crippen molar-refractivity contribution >= 4 is 11.4 Å². The zero-order valence-corrected chi connectivity index (χ0v) is 9.52. The van der Waals surface area contributed by atoms with Gasteiger partial charge in [0.15, 0.2) is 0 Å². The molecule has 0 aromatic heterocycles. The Kier molecular flexibility index (Phi) is 2.27. The van der Waals surface area contributed by atoms with E-state index < -0.39 is 0 Å². The van der Waals surface area contributed by atoms with Gasteiger partial charge in [-0.05, 0) is 49.8 Å². The Morgan fingerprint density at radius 1 is 1.19 bits per heavy atom. The zero-order chi connectivity index (χ0) is 11.1. The summed E-state index contributed by atoms with van der Waals surface area (Å²) in [7, 11) is 0. The van der Waals surface area contributed by atoms with Crippen LogP contribution < -0.4 is 10.6 Å². The lowest BCUT2D eigenvalue weighted by Crippen LogP contribution is -2.21. The van der Waals surface area contributed by atoms with Crippen molar-refractivity contribution in [3.8, 4) is 0 Å². The molecule has 0 amide bonds. The average Bonchev–Trinajstić information content (AvgIpc) is 3.04. The van der Waals surface area contributed by atoms with E-state index in [1.807, 2.05) is 6.07 Å². The van der Waals surface area contributed by atoms with E-state index in [0.717, 1.165) is 30.3 Å². The second-order valence-corrected chi connectivity index (χ2v) is 4.95. The molecular weight excluding hydrogens is 203 g/mol. The van der Waals surface area contributed by atoms with Gasteiger partial charge in [0.05, 0.1) is 11.4 Å². The predicted molar refractivity (Wildman–Crippen MR) is 64.4 cm³/mol. The summed E-state index contributed by atoms with van der Waals surface area (Å²) in [4.78, 5) is 0. The molecule has 1 heterocycles. The van der Waals surface area contributed by atoms with Gasteiger partial charge in [-0.1, -0.05) is 0 Å². The summed E-state index contributed by atoms with van der Waals surface area (Å²) in [6, 6.07) is 4.04. The Morgan fingerprint density at radius 3 is 2.75 bits per heavy atom. The molecule has 16 heavy (non-hydrogen) atoms. The minimum Gasteiger partial charge on any atom is -0.383 e. The fourth-order valence-corrected chi connectivity index (χ4v) is 2.43. The molecule has 1 aliphatic carbocycles. The van der Waals surface area contributed by atoms with E-state index in [1.54, 1.807) is 13.0 Å². The van der Waals surface area contributed by atoms with Crippen LogP contribution >= 0.6 is 0 Å². The maximum Gasteiger partial charge on any atom is 0.128 e.